The summed E-state index contributed by atoms with van der Waals surface area (Å²) in [5.74, 6) is -1.47. The molecule has 0 radical (unpaired) electrons. The van der Waals surface area contributed by atoms with Gasteiger partial charge in [0, 0.05) is 6.54 Å². The zero-order valence-electron chi connectivity index (χ0n) is 10.9. The van der Waals surface area contributed by atoms with Gasteiger partial charge in [0.25, 0.3) is 0 Å². The lowest BCUT2D eigenvalue weighted by molar-refractivity contribution is -0.143. The van der Waals surface area contributed by atoms with Crippen LogP contribution < -0.4 is 5.32 Å². The van der Waals surface area contributed by atoms with Gasteiger partial charge in [-0.2, -0.15) is 0 Å². The number of carbonyl (C=O) groups excluding carboxylic acids is 1. The van der Waals surface area contributed by atoms with Crippen LogP contribution in [0.3, 0.4) is 0 Å². The average molecular weight is 265 g/mol. The van der Waals surface area contributed by atoms with Gasteiger partial charge in [-0.25, -0.2) is 0 Å². The minimum absolute atomic E-state index is 0.214. The van der Waals surface area contributed by atoms with Crippen molar-refractivity contribution in [1.82, 2.24) is 5.32 Å². The number of aliphatic hydroxyl groups is 1. The summed E-state index contributed by atoms with van der Waals surface area (Å²) in [7, 11) is 0. The molecule has 0 aliphatic carbocycles. The second-order valence-corrected chi connectivity index (χ2v) is 4.83. The number of carboxylic acids is 1. The summed E-state index contributed by atoms with van der Waals surface area (Å²) in [6.07, 6.45) is 0.0425. The van der Waals surface area contributed by atoms with Crippen LogP contribution in [0.4, 0.5) is 0 Å². The molecule has 5 nitrogen and oxygen atoms in total. The highest BCUT2D eigenvalue weighted by Gasteiger charge is 2.27. The molecule has 19 heavy (non-hydrogen) atoms. The molecular formula is C14H19NO4. The van der Waals surface area contributed by atoms with Crippen LogP contribution in [0.5, 0.6) is 0 Å². The molecule has 0 spiro atoms. The molecule has 1 atom stereocenters. The number of hydrogen-bond acceptors (Lipinski definition) is 3. The van der Waals surface area contributed by atoms with Gasteiger partial charge in [0.05, 0.1) is 18.4 Å². The molecule has 3 N–H and O–H groups in total. The Morgan fingerprint density at radius 1 is 1.21 bits per heavy atom. The van der Waals surface area contributed by atoms with Gasteiger partial charge in [-0.3, -0.25) is 9.59 Å². The lowest BCUT2D eigenvalue weighted by Gasteiger charge is -2.20. The Kier molecular flexibility index (Phi) is 5.51. The first-order chi connectivity index (χ1) is 8.89. The lowest BCUT2D eigenvalue weighted by Crippen LogP contribution is -2.36. The van der Waals surface area contributed by atoms with Gasteiger partial charge >= 0.3 is 5.97 Å². The van der Waals surface area contributed by atoms with E-state index in [1.165, 1.54) is 6.92 Å². The van der Waals surface area contributed by atoms with E-state index in [9.17, 15) is 14.7 Å². The van der Waals surface area contributed by atoms with Crippen molar-refractivity contribution in [3.05, 3.63) is 35.9 Å². The van der Waals surface area contributed by atoms with Gasteiger partial charge < -0.3 is 15.5 Å². The number of benzene rings is 1. The first kappa shape index (κ1) is 15.2. The predicted molar refractivity (Wildman–Crippen MR) is 70.6 cm³/mol. The molecule has 0 aromatic heterocycles. The normalized spacial score (nSPS) is 13.6. The molecule has 1 aromatic rings. The van der Waals surface area contributed by atoms with Gasteiger partial charge in [-0.15, -0.1) is 0 Å². The summed E-state index contributed by atoms with van der Waals surface area (Å²) in [5.41, 5.74) is -0.400. The first-order valence-electron chi connectivity index (χ1n) is 6.14. The Bertz CT molecular complexity index is 428. The molecule has 0 saturated carbocycles. The van der Waals surface area contributed by atoms with Crippen LogP contribution in [-0.4, -0.2) is 34.2 Å². The van der Waals surface area contributed by atoms with Crippen LogP contribution in [0.15, 0.2) is 30.3 Å². The highest BCUT2D eigenvalue weighted by atomic mass is 16.4. The fourth-order valence-corrected chi connectivity index (χ4v) is 1.79. The Labute approximate surface area is 112 Å². The Balaban J connectivity index is 2.30. The second kappa shape index (κ2) is 6.89. The van der Waals surface area contributed by atoms with Crippen LogP contribution in [0, 0.1) is 0 Å². The van der Waals surface area contributed by atoms with Crippen molar-refractivity contribution in [1.29, 1.82) is 0 Å². The first-order valence-corrected chi connectivity index (χ1v) is 6.14. The summed E-state index contributed by atoms with van der Waals surface area (Å²) < 4.78 is 0. The van der Waals surface area contributed by atoms with E-state index < -0.39 is 18.0 Å². The summed E-state index contributed by atoms with van der Waals surface area (Å²) in [4.78, 5) is 22.1. The van der Waals surface area contributed by atoms with Crippen molar-refractivity contribution in [3.8, 4) is 0 Å². The zero-order chi connectivity index (χ0) is 14.3. The third-order valence-electron chi connectivity index (χ3n) is 2.65. The van der Waals surface area contributed by atoms with Gasteiger partial charge in [0.1, 0.15) is 0 Å². The molecule has 0 aliphatic rings. The quantitative estimate of drug-likeness (QED) is 0.685. The number of nitrogens with one attached hydrogen (secondary N) is 1. The van der Waals surface area contributed by atoms with E-state index in [1.54, 1.807) is 0 Å². The molecule has 5 heteroatoms. The predicted octanol–water partition coefficient (Wildman–Crippen LogP) is 0.961. The Morgan fingerprint density at radius 2 is 1.84 bits per heavy atom. The van der Waals surface area contributed by atoms with E-state index in [2.05, 4.69) is 5.32 Å². The Morgan fingerprint density at radius 3 is 2.42 bits per heavy atom. The molecule has 0 bridgehead atoms. The van der Waals surface area contributed by atoms with Crippen molar-refractivity contribution < 1.29 is 19.8 Å². The number of carboxylic acid groups (broad SMARTS) is 1. The third-order valence-corrected chi connectivity index (χ3v) is 2.65. The van der Waals surface area contributed by atoms with Crippen LogP contribution in [0.1, 0.15) is 25.3 Å². The minimum atomic E-state index is -1.51. The fraction of sp³-hybridized carbons (Fsp3) is 0.429. The van der Waals surface area contributed by atoms with Crippen LogP contribution in [0.25, 0.3) is 0 Å². The largest absolute Gasteiger partial charge is 0.481 e. The fourth-order valence-electron chi connectivity index (χ4n) is 1.79. The van der Waals surface area contributed by atoms with E-state index in [-0.39, 0.29) is 12.3 Å². The molecular weight excluding hydrogens is 246 g/mol. The molecule has 0 unspecified atom stereocenters. The summed E-state index contributed by atoms with van der Waals surface area (Å²) >= 11 is 0. The van der Waals surface area contributed by atoms with Gasteiger partial charge in [0.15, 0.2) is 0 Å². The topological polar surface area (TPSA) is 86.6 Å². The molecule has 104 valence electrons. The summed E-state index contributed by atoms with van der Waals surface area (Å²) in [5, 5.41) is 21.0. The standard InChI is InChI=1S/C14H19NO4/c1-14(19,10-13(17)18)9-12(16)15-8-7-11-5-3-2-4-6-11/h2-6,19H,7-10H2,1H3,(H,15,16)(H,17,18)/t14-/m0/s1. The SMILES string of the molecule is C[C@@](O)(CC(=O)O)CC(=O)NCCc1ccccc1. The van der Waals surface area contributed by atoms with E-state index in [0.29, 0.717) is 13.0 Å². The van der Waals surface area contributed by atoms with Crippen LogP contribution in [-0.2, 0) is 16.0 Å². The van der Waals surface area contributed by atoms with Gasteiger partial charge in [-0.05, 0) is 18.9 Å². The van der Waals surface area contributed by atoms with E-state index in [4.69, 9.17) is 5.11 Å². The number of rotatable bonds is 7. The molecule has 0 fully saturated rings. The molecule has 1 aromatic carbocycles. The third kappa shape index (κ3) is 6.57. The molecule has 1 rings (SSSR count). The monoisotopic (exact) mass is 265 g/mol. The average Bonchev–Trinajstić information content (AvgIpc) is 2.27. The van der Waals surface area contributed by atoms with Crippen LogP contribution >= 0.6 is 0 Å². The molecule has 0 heterocycles. The maximum Gasteiger partial charge on any atom is 0.306 e. The number of aliphatic carboxylic acids is 1. The highest BCUT2D eigenvalue weighted by molar-refractivity contribution is 5.78. The summed E-state index contributed by atoms with van der Waals surface area (Å²) in [6, 6.07) is 9.70. The van der Waals surface area contributed by atoms with Gasteiger partial charge in [-0.1, -0.05) is 30.3 Å². The van der Waals surface area contributed by atoms with E-state index in [0.717, 1.165) is 5.56 Å². The molecule has 0 aliphatic heterocycles. The minimum Gasteiger partial charge on any atom is -0.481 e. The zero-order valence-corrected chi connectivity index (χ0v) is 10.9. The highest BCUT2D eigenvalue weighted by Crippen LogP contribution is 2.13. The van der Waals surface area contributed by atoms with Crippen molar-refractivity contribution >= 4 is 11.9 Å². The lowest BCUT2D eigenvalue weighted by atomic mass is 9.98. The van der Waals surface area contributed by atoms with Crippen molar-refractivity contribution in [3.63, 3.8) is 0 Å². The number of hydrogen-bond donors (Lipinski definition) is 3. The van der Waals surface area contributed by atoms with E-state index >= 15 is 0 Å². The van der Waals surface area contributed by atoms with Crippen molar-refractivity contribution in [2.75, 3.05) is 6.54 Å². The molecule has 1 amide bonds. The maximum atomic E-state index is 11.6. The Hall–Kier alpha value is -1.88. The number of carbonyl (C=O) groups is 2. The van der Waals surface area contributed by atoms with Crippen LogP contribution in [0.2, 0.25) is 0 Å². The van der Waals surface area contributed by atoms with Crippen molar-refractivity contribution in [2.45, 2.75) is 31.8 Å². The second-order valence-electron chi connectivity index (χ2n) is 4.83. The number of amides is 1. The summed E-state index contributed by atoms with van der Waals surface area (Å²) in [6.45, 7) is 1.81. The van der Waals surface area contributed by atoms with E-state index in [1.807, 2.05) is 30.3 Å². The van der Waals surface area contributed by atoms with Gasteiger partial charge in [0.2, 0.25) is 5.91 Å². The maximum absolute atomic E-state index is 11.6. The molecule has 0 saturated heterocycles. The van der Waals surface area contributed by atoms with Crippen molar-refractivity contribution in [2.24, 2.45) is 0 Å². The smallest absolute Gasteiger partial charge is 0.306 e.